The van der Waals surface area contributed by atoms with Crippen molar-refractivity contribution in [3.8, 4) is 11.9 Å². The van der Waals surface area contributed by atoms with Gasteiger partial charge in [0, 0.05) is 23.9 Å². The van der Waals surface area contributed by atoms with Gasteiger partial charge in [-0.25, -0.2) is 14.4 Å². The van der Waals surface area contributed by atoms with Gasteiger partial charge in [0.15, 0.2) is 6.61 Å². The second kappa shape index (κ2) is 9.42. The van der Waals surface area contributed by atoms with Crippen LogP contribution in [0.25, 0.3) is 0 Å². The first-order valence-electron chi connectivity index (χ1n) is 8.96. The van der Waals surface area contributed by atoms with Crippen LogP contribution in [0.1, 0.15) is 29.5 Å². The Hall–Kier alpha value is -4.07. The first kappa shape index (κ1) is 20.7. The molecule has 0 fully saturated rings. The van der Waals surface area contributed by atoms with E-state index in [1.807, 2.05) is 13.0 Å². The summed E-state index contributed by atoms with van der Waals surface area (Å²) in [7, 11) is 0. The number of halogens is 1. The van der Waals surface area contributed by atoms with E-state index in [1.165, 1.54) is 23.4 Å². The Labute approximate surface area is 171 Å². The molecule has 0 aliphatic rings. The fourth-order valence-electron chi connectivity index (χ4n) is 2.62. The molecule has 0 bridgehead atoms. The molecule has 3 rings (SSSR count). The van der Waals surface area contributed by atoms with E-state index in [9.17, 15) is 9.18 Å². The van der Waals surface area contributed by atoms with Crippen molar-refractivity contribution in [3.05, 3.63) is 59.1 Å². The number of carbonyl (C=O) groups is 1. The highest BCUT2D eigenvalue weighted by Gasteiger charge is 2.21. The lowest BCUT2D eigenvalue weighted by atomic mass is 10.1. The smallest absolute Gasteiger partial charge is 0.312 e. The highest BCUT2D eigenvalue weighted by Crippen LogP contribution is 2.17. The van der Waals surface area contributed by atoms with Crippen molar-refractivity contribution >= 4 is 11.9 Å². The Morgan fingerprint density at radius 2 is 2.17 bits per heavy atom. The number of nitrogens with two attached hydrogens (primary N) is 1. The van der Waals surface area contributed by atoms with Crippen molar-refractivity contribution in [3.63, 3.8) is 0 Å². The fourth-order valence-corrected chi connectivity index (χ4v) is 2.62. The number of aromatic nitrogens is 4. The molecule has 0 saturated heterocycles. The average Bonchev–Trinajstić information content (AvgIpc) is 3.17. The average molecular weight is 411 g/mol. The van der Waals surface area contributed by atoms with Crippen LogP contribution in [0, 0.1) is 17.1 Å². The maximum Gasteiger partial charge on any atom is 0.312 e. The van der Waals surface area contributed by atoms with Gasteiger partial charge in [0.2, 0.25) is 11.8 Å². The summed E-state index contributed by atoms with van der Waals surface area (Å²) in [4.78, 5) is 22.1. The zero-order valence-electron chi connectivity index (χ0n) is 16.1. The van der Waals surface area contributed by atoms with E-state index in [-0.39, 0.29) is 42.7 Å². The number of benzene rings is 1. The summed E-state index contributed by atoms with van der Waals surface area (Å²) >= 11 is 0. The molecule has 1 amide bonds. The molecule has 0 unspecified atom stereocenters. The summed E-state index contributed by atoms with van der Waals surface area (Å²) in [5.41, 5.74) is 6.57. The van der Waals surface area contributed by atoms with Gasteiger partial charge in [0.1, 0.15) is 12.1 Å². The number of amides is 1. The highest BCUT2D eigenvalue weighted by atomic mass is 19.1. The second-order valence-electron chi connectivity index (χ2n) is 6.20. The maximum absolute atomic E-state index is 14.3. The number of ether oxygens (including phenoxy) is 1. The summed E-state index contributed by atoms with van der Waals surface area (Å²) < 4.78 is 25.0. The van der Waals surface area contributed by atoms with Crippen molar-refractivity contribution in [2.75, 3.05) is 12.3 Å². The summed E-state index contributed by atoms with van der Waals surface area (Å²) in [6.45, 7) is 1.36. The molecule has 30 heavy (non-hydrogen) atoms. The minimum absolute atomic E-state index is 0.0891. The van der Waals surface area contributed by atoms with Crippen LogP contribution in [0.2, 0.25) is 0 Å². The number of nitrogen functional groups attached to an aromatic ring is 1. The molecule has 2 heterocycles. The van der Waals surface area contributed by atoms with E-state index in [2.05, 4.69) is 20.2 Å². The molecule has 2 aromatic heterocycles. The fraction of sp³-hybridized carbons (Fsp3) is 0.263. The van der Waals surface area contributed by atoms with Gasteiger partial charge in [0.05, 0.1) is 18.2 Å². The van der Waals surface area contributed by atoms with E-state index in [0.29, 0.717) is 12.3 Å². The molecule has 11 heteroatoms. The minimum atomic E-state index is -0.609. The lowest BCUT2D eigenvalue weighted by molar-refractivity contribution is -0.135. The second-order valence-corrected chi connectivity index (χ2v) is 6.20. The molecule has 0 saturated carbocycles. The van der Waals surface area contributed by atoms with Crippen LogP contribution in [-0.2, 0) is 24.3 Å². The van der Waals surface area contributed by atoms with Crippen LogP contribution in [0.4, 0.5) is 10.4 Å². The number of anilines is 1. The maximum atomic E-state index is 14.3. The quantitative estimate of drug-likeness (QED) is 0.584. The molecule has 154 valence electrons. The first-order valence-corrected chi connectivity index (χ1v) is 8.96. The zero-order valence-corrected chi connectivity index (χ0v) is 16.1. The van der Waals surface area contributed by atoms with Crippen LogP contribution in [0.15, 0.2) is 35.1 Å². The molecule has 1 aromatic carbocycles. The Balaban J connectivity index is 1.78. The molecular weight excluding hydrogens is 393 g/mol. The molecule has 10 nitrogen and oxygen atoms in total. The summed E-state index contributed by atoms with van der Waals surface area (Å²) in [5.74, 6) is -0.684. The largest absolute Gasteiger partial charge is 0.467 e. The lowest BCUT2D eigenvalue weighted by Crippen LogP contribution is -2.34. The van der Waals surface area contributed by atoms with Crippen molar-refractivity contribution in [1.82, 2.24) is 25.1 Å². The zero-order chi connectivity index (χ0) is 21.5. The summed E-state index contributed by atoms with van der Waals surface area (Å²) in [6, 6.07) is 5.73. The van der Waals surface area contributed by atoms with Crippen LogP contribution in [0.3, 0.4) is 0 Å². The van der Waals surface area contributed by atoms with Crippen LogP contribution < -0.4 is 10.5 Å². The van der Waals surface area contributed by atoms with Crippen LogP contribution in [0.5, 0.6) is 5.88 Å². The normalized spacial score (nSPS) is 10.4. The molecule has 0 spiro atoms. The predicted octanol–water partition coefficient (Wildman–Crippen LogP) is 1.62. The topological polar surface area (TPSA) is 144 Å². The standard InChI is InChI=1S/C19H18FN7O3/c1-2-13-7-23-11-24-18(13)29-10-17(28)27(9-16-25-26-19(22)30-16)8-14-4-3-12(6-21)5-15(14)20/h3-5,7,11H,2,8-10H2,1H3,(H2,22,26). The third kappa shape index (κ3) is 5.05. The highest BCUT2D eigenvalue weighted by molar-refractivity contribution is 5.77. The lowest BCUT2D eigenvalue weighted by Gasteiger charge is -2.21. The van der Waals surface area contributed by atoms with Gasteiger partial charge < -0.3 is 19.8 Å². The molecule has 0 aliphatic heterocycles. The summed E-state index contributed by atoms with van der Waals surface area (Å²) in [6.07, 6.45) is 3.56. The Morgan fingerprint density at radius 3 is 2.83 bits per heavy atom. The third-order valence-corrected chi connectivity index (χ3v) is 4.16. The predicted molar refractivity (Wildman–Crippen MR) is 101 cm³/mol. The van der Waals surface area contributed by atoms with Crippen molar-refractivity contribution < 1.29 is 18.3 Å². The van der Waals surface area contributed by atoms with Gasteiger partial charge in [-0.05, 0) is 18.6 Å². The number of rotatable bonds is 8. The number of nitrogens with zero attached hydrogens (tertiary/aromatic N) is 6. The molecule has 0 aliphatic carbocycles. The van der Waals surface area contributed by atoms with E-state index in [1.54, 1.807) is 6.20 Å². The third-order valence-electron chi connectivity index (χ3n) is 4.16. The number of carbonyl (C=O) groups excluding carboxylic acids is 1. The molecular formula is C19H18FN7O3. The van der Waals surface area contributed by atoms with Gasteiger partial charge in [-0.3, -0.25) is 4.79 Å². The Kier molecular flexibility index (Phi) is 6.49. The Bertz CT molecular complexity index is 1080. The number of nitriles is 1. The van der Waals surface area contributed by atoms with E-state index >= 15 is 0 Å². The Morgan fingerprint density at radius 1 is 1.33 bits per heavy atom. The van der Waals surface area contributed by atoms with Gasteiger partial charge in [-0.1, -0.05) is 18.1 Å². The molecule has 0 radical (unpaired) electrons. The number of hydrogen-bond donors (Lipinski definition) is 1. The van der Waals surface area contributed by atoms with Crippen LogP contribution >= 0.6 is 0 Å². The first-order chi connectivity index (χ1) is 14.5. The van der Waals surface area contributed by atoms with Crippen molar-refractivity contribution in [1.29, 1.82) is 5.26 Å². The monoisotopic (exact) mass is 411 g/mol. The van der Waals surface area contributed by atoms with Crippen LogP contribution in [-0.4, -0.2) is 37.6 Å². The van der Waals surface area contributed by atoms with E-state index in [4.69, 9.17) is 20.1 Å². The van der Waals surface area contributed by atoms with Crippen molar-refractivity contribution in [2.24, 2.45) is 0 Å². The number of aryl methyl sites for hydroxylation is 1. The SMILES string of the molecule is CCc1cncnc1OCC(=O)N(Cc1nnc(N)o1)Cc1ccc(C#N)cc1F. The molecule has 2 N–H and O–H groups in total. The van der Waals surface area contributed by atoms with Gasteiger partial charge in [-0.15, -0.1) is 5.10 Å². The van der Waals surface area contributed by atoms with E-state index in [0.717, 1.165) is 11.6 Å². The van der Waals surface area contributed by atoms with Crippen molar-refractivity contribution in [2.45, 2.75) is 26.4 Å². The van der Waals surface area contributed by atoms with Gasteiger partial charge >= 0.3 is 6.01 Å². The minimum Gasteiger partial charge on any atom is -0.467 e. The number of hydrogen-bond acceptors (Lipinski definition) is 9. The van der Waals surface area contributed by atoms with E-state index < -0.39 is 11.7 Å². The van der Waals surface area contributed by atoms with Gasteiger partial charge in [0.25, 0.3) is 5.91 Å². The summed E-state index contributed by atoms with van der Waals surface area (Å²) in [5, 5.41) is 16.2. The molecule has 3 aromatic rings. The molecule has 0 atom stereocenters. The van der Waals surface area contributed by atoms with Gasteiger partial charge in [-0.2, -0.15) is 5.26 Å².